The number of hydrogen-bond donors (Lipinski definition) is 1. The Morgan fingerprint density at radius 2 is 2.00 bits per heavy atom. The maximum Gasteiger partial charge on any atom is 0.261 e. The summed E-state index contributed by atoms with van der Waals surface area (Å²) < 4.78 is 2.64. The van der Waals surface area contributed by atoms with Crippen molar-refractivity contribution in [1.82, 2.24) is 9.55 Å². The number of phenols is 1. The first-order chi connectivity index (χ1) is 11.1. The second-order valence-electron chi connectivity index (χ2n) is 5.07. The van der Waals surface area contributed by atoms with Crippen LogP contribution in [0.5, 0.6) is 5.75 Å². The van der Waals surface area contributed by atoms with Crippen molar-refractivity contribution in [3.05, 3.63) is 67.8 Å². The van der Waals surface area contributed by atoms with E-state index in [2.05, 4.69) is 27.6 Å². The molecule has 0 radical (unpaired) electrons. The quantitative estimate of drug-likeness (QED) is 0.657. The molecule has 0 fully saturated rings. The zero-order valence-electron chi connectivity index (χ0n) is 12.5. The molecule has 0 aliphatic rings. The molecule has 1 N–H and O–H groups in total. The zero-order valence-corrected chi connectivity index (χ0v) is 14.7. The molecule has 116 valence electrons. The smallest absolute Gasteiger partial charge is 0.261 e. The van der Waals surface area contributed by atoms with Crippen LogP contribution in [0.25, 0.3) is 23.1 Å². The highest BCUT2D eigenvalue weighted by Gasteiger charge is 2.08. The first-order valence-electron chi connectivity index (χ1n) is 7.26. The van der Waals surface area contributed by atoms with Gasteiger partial charge in [0.1, 0.15) is 11.6 Å². The highest BCUT2D eigenvalue weighted by Crippen LogP contribution is 2.19. The average Bonchev–Trinajstić information content (AvgIpc) is 2.55. The van der Waals surface area contributed by atoms with E-state index in [1.165, 1.54) is 0 Å². The van der Waals surface area contributed by atoms with Crippen LogP contribution in [0.2, 0.25) is 0 Å². The van der Waals surface area contributed by atoms with Gasteiger partial charge in [-0.2, -0.15) is 0 Å². The number of halogens is 1. The predicted octanol–water partition coefficient (Wildman–Crippen LogP) is 3.90. The maximum absolute atomic E-state index is 12.6. The van der Waals surface area contributed by atoms with E-state index in [0.717, 1.165) is 3.57 Å². The topological polar surface area (TPSA) is 55.1 Å². The first-order valence-corrected chi connectivity index (χ1v) is 8.34. The van der Waals surface area contributed by atoms with Gasteiger partial charge in [0.2, 0.25) is 0 Å². The Morgan fingerprint density at radius 3 is 2.74 bits per heavy atom. The van der Waals surface area contributed by atoms with E-state index in [0.29, 0.717) is 28.8 Å². The fourth-order valence-corrected chi connectivity index (χ4v) is 2.93. The number of rotatable bonds is 3. The van der Waals surface area contributed by atoms with E-state index in [1.54, 1.807) is 28.9 Å². The lowest BCUT2D eigenvalue weighted by Gasteiger charge is -2.09. The fraction of sp³-hybridized carbons (Fsp3) is 0.111. The molecule has 2 aromatic carbocycles. The number of aromatic hydroxyl groups is 1. The Kier molecular flexibility index (Phi) is 4.47. The Hall–Kier alpha value is -2.15. The molecule has 0 bridgehead atoms. The summed E-state index contributed by atoms with van der Waals surface area (Å²) in [6.45, 7) is 2.45. The van der Waals surface area contributed by atoms with E-state index < -0.39 is 0 Å². The molecule has 0 amide bonds. The molecule has 0 saturated heterocycles. The van der Waals surface area contributed by atoms with Crippen molar-refractivity contribution in [2.75, 3.05) is 0 Å². The van der Waals surface area contributed by atoms with Gasteiger partial charge in [0, 0.05) is 15.7 Å². The van der Waals surface area contributed by atoms with Gasteiger partial charge in [-0.25, -0.2) is 4.98 Å². The molecule has 3 rings (SSSR count). The summed E-state index contributed by atoms with van der Waals surface area (Å²) in [5.74, 6) is 0.777. The van der Waals surface area contributed by atoms with E-state index in [9.17, 15) is 9.90 Å². The molecular formula is C18H15IN2O2. The molecule has 1 heterocycles. The normalized spacial score (nSPS) is 11.4. The molecule has 0 saturated carbocycles. The summed E-state index contributed by atoms with van der Waals surface area (Å²) in [5, 5.41) is 10.5. The van der Waals surface area contributed by atoms with Gasteiger partial charge in [0.05, 0.1) is 10.9 Å². The van der Waals surface area contributed by atoms with Crippen LogP contribution in [0.4, 0.5) is 0 Å². The van der Waals surface area contributed by atoms with Crippen molar-refractivity contribution < 1.29 is 5.11 Å². The Balaban J connectivity index is 2.16. The number of para-hydroxylation sites is 1. The minimum Gasteiger partial charge on any atom is -0.507 e. The van der Waals surface area contributed by atoms with Gasteiger partial charge in [-0.3, -0.25) is 9.36 Å². The van der Waals surface area contributed by atoms with Crippen LogP contribution in [0, 0.1) is 3.57 Å². The van der Waals surface area contributed by atoms with Gasteiger partial charge < -0.3 is 5.11 Å². The minimum absolute atomic E-state index is 0.0482. The number of nitrogens with zero attached hydrogens (tertiary/aromatic N) is 2. The Bertz CT molecular complexity index is 961. The van der Waals surface area contributed by atoms with Gasteiger partial charge >= 0.3 is 0 Å². The van der Waals surface area contributed by atoms with Crippen LogP contribution < -0.4 is 5.56 Å². The molecular weight excluding hydrogens is 403 g/mol. The van der Waals surface area contributed by atoms with Gasteiger partial charge in [0.15, 0.2) is 0 Å². The van der Waals surface area contributed by atoms with Gasteiger partial charge in [0.25, 0.3) is 5.56 Å². The largest absolute Gasteiger partial charge is 0.507 e. The highest BCUT2D eigenvalue weighted by atomic mass is 127. The molecule has 0 unspecified atom stereocenters. The SMILES string of the molecule is CCn1c(/C=C/c2ccccc2O)nc2ccc(I)cc2c1=O. The molecule has 0 aliphatic carbocycles. The van der Waals surface area contributed by atoms with Crippen LogP contribution in [-0.2, 0) is 6.54 Å². The summed E-state index contributed by atoms with van der Waals surface area (Å²) in [6, 6.07) is 12.7. The third kappa shape index (κ3) is 3.14. The Labute approximate surface area is 147 Å². The monoisotopic (exact) mass is 418 g/mol. The standard InChI is InChI=1S/C18H15IN2O2/c1-2-21-17(10-7-12-5-3-4-6-16(12)22)20-15-9-8-13(19)11-14(15)18(21)23/h3-11,22H,2H2,1H3/b10-7+. The van der Waals surface area contributed by atoms with Gasteiger partial charge in [-0.1, -0.05) is 18.2 Å². The Morgan fingerprint density at radius 1 is 1.22 bits per heavy atom. The number of fused-ring (bicyclic) bond motifs is 1. The summed E-state index contributed by atoms with van der Waals surface area (Å²) in [5.41, 5.74) is 1.32. The van der Waals surface area contributed by atoms with Crippen molar-refractivity contribution in [1.29, 1.82) is 0 Å². The van der Waals surface area contributed by atoms with Crippen molar-refractivity contribution in [3.63, 3.8) is 0 Å². The molecule has 0 spiro atoms. The molecule has 0 atom stereocenters. The van der Waals surface area contributed by atoms with E-state index in [4.69, 9.17) is 0 Å². The van der Waals surface area contributed by atoms with E-state index in [1.807, 2.05) is 37.3 Å². The first kappa shape index (κ1) is 15.7. The molecule has 1 aromatic heterocycles. The molecule has 23 heavy (non-hydrogen) atoms. The van der Waals surface area contributed by atoms with Crippen LogP contribution in [0.15, 0.2) is 47.3 Å². The van der Waals surface area contributed by atoms with Crippen molar-refractivity contribution in [2.24, 2.45) is 0 Å². The lowest BCUT2D eigenvalue weighted by atomic mass is 10.2. The molecule has 0 aliphatic heterocycles. The third-order valence-corrected chi connectivity index (χ3v) is 4.28. The van der Waals surface area contributed by atoms with Gasteiger partial charge in [-0.15, -0.1) is 0 Å². The number of phenolic OH excluding ortho intramolecular Hbond substituents is 1. The minimum atomic E-state index is -0.0482. The second kappa shape index (κ2) is 6.54. The second-order valence-corrected chi connectivity index (χ2v) is 6.32. The summed E-state index contributed by atoms with van der Waals surface area (Å²) in [6.07, 6.45) is 3.53. The van der Waals surface area contributed by atoms with Crippen LogP contribution in [0.3, 0.4) is 0 Å². The van der Waals surface area contributed by atoms with Crippen LogP contribution in [-0.4, -0.2) is 14.7 Å². The van der Waals surface area contributed by atoms with Crippen molar-refractivity contribution >= 4 is 45.6 Å². The highest BCUT2D eigenvalue weighted by molar-refractivity contribution is 14.1. The summed E-state index contributed by atoms with van der Waals surface area (Å²) in [4.78, 5) is 17.2. The van der Waals surface area contributed by atoms with Crippen molar-refractivity contribution in [2.45, 2.75) is 13.5 Å². The molecule has 4 nitrogen and oxygen atoms in total. The summed E-state index contributed by atoms with van der Waals surface area (Å²) >= 11 is 2.19. The van der Waals surface area contributed by atoms with E-state index >= 15 is 0 Å². The summed E-state index contributed by atoms with van der Waals surface area (Å²) in [7, 11) is 0. The third-order valence-electron chi connectivity index (χ3n) is 3.61. The van der Waals surface area contributed by atoms with Crippen LogP contribution >= 0.6 is 22.6 Å². The number of aromatic nitrogens is 2. The number of benzene rings is 2. The molecule has 3 aromatic rings. The lowest BCUT2D eigenvalue weighted by molar-refractivity contribution is 0.474. The molecule has 5 heteroatoms. The van der Waals surface area contributed by atoms with Gasteiger partial charge in [-0.05, 0) is 65.9 Å². The number of hydrogen-bond acceptors (Lipinski definition) is 3. The van der Waals surface area contributed by atoms with Crippen LogP contribution in [0.1, 0.15) is 18.3 Å². The van der Waals surface area contributed by atoms with E-state index in [-0.39, 0.29) is 11.3 Å². The average molecular weight is 418 g/mol. The zero-order chi connectivity index (χ0) is 16.4. The predicted molar refractivity (Wildman–Crippen MR) is 101 cm³/mol. The fourth-order valence-electron chi connectivity index (χ4n) is 2.44. The maximum atomic E-state index is 12.6. The van der Waals surface area contributed by atoms with Crippen molar-refractivity contribution in [3.8, 4) is 5.75 Å². The lowest BCUT2D eigenvalue weighted by Crippen LogP contribution is -2.23.